The van der Waals surface area contributed by atoms with Crippen molar-refractivity contribution in [3.05, 3.63) is 41.0 Å². The molecule has 0 aromatic carbocycles. The van der Waals surface area contributed by atoms with Gasteiger partial charge in [-0.1, -0.05) is 0 Å². The second-order valence-electron chi connectivity index (χ2n) is 4.48. The molecule has 0 saturated heterocycles. The molecule has 2 aromatic heterocycles. The van der Waals surface area contributed by atoms with E-state index >= 15 is 0 Å². The van der Waals surface area contributed by atoms with Gasteiger partial charge in [-0.05, 0) is 37.4 Å². The van der Waals surface area contributed by atoms with Crippen LogP contribution in [0.1, 0.15) is 36.1 Å². The summed E-state index contributed by atoms with van der Waals surface area (Å²) in [4.78, 5) is 12.1. The summed E-state index contributed by atoms with van der Waals surface area (Å²) in [5, 5.41) is 5.79. The topological polar surface area (TPSA) is 43.3 Å². The molecule has 0 spiro atoms. The Balaban J connectivity index is 2.11. The first kappa shape index (κ1) is 11.5. The Morgan fingerprint density at radius 1 is 1.44 bits per heavy atom. The van der Waals surface area contributed by atoms with Crippen LogP contribution >= 0.6 is 11.3 Å². The third kappa shape index (κ3) is 1.76. The minimum Gasteiger partial charge on any atom is -0.350 e. The Hall–Kier alpha value is -1.59. The number of aromatic nitrogens is 1. The van der Waals surface area contributed by atoms with Crippen LogP contribution in [0.4, 0.5) is 0 Å². The molecule has 0 radical (unpaired) electrons. The first-order valence-corrected chi connectivity index (χ1v) is 6.76. The number of nitrogens with one attached hydrogen (secondary N) is 1. The van der Waals surface area contributed by atoms with E-state index < -0.39 is 6.23 Å². The number of nitrogens with zero attached hydrogens (tertiary/aromatic N) is 1. The highest BCUT2D eigenvalue weighted by atomic mass is 32.1. The molecule has 0 fully saturated rings. The number of rotatable bonds is 2. The fraction of sp³-hybridized carbons (Fsp3) is 0.308. The quantitative estimate of drug-likeness (QED) is 0.904. The highest BCUT2D eigenvalue weighted by Crippen LogP contribution is 2.30. The van der Waals surface area contributed by atoms with Gasteiger partial charge in [0.25, 0.3) is 5.91 Å². The van der Waals surface area contributed by atoms with Crippen LogP contribution in [0.25, 0.3) is 5.00 Å². The first-order chi connectivity index (χ1) is 8.66. The predicted molar refractivity (Wildman–Crippen MR) is 70.1 cm³/mol. The number of fused-ring (bicyclic) bond motifs is 3. The number of carbonyl (C=O) groups excluding carboxylic acids is 1. The van der Waals surface area contributed by atoms with Crippen molar-refractivity contribution in [1.29, 1.82) is 0 Å². The molecule has 1 aliphatic heterocycles. The lowest BCUT2D eigenvalue weighted by Crippen LogP contribution is -2.30. The molecule has 1 N–H and O–H groups in total. The molecule has 3 heterocycles. The van der Waals surface area contributed by atoms with Gasteiger partial charge in [0.1, 0.15) is 5.00 Å². The Morgan fingerprint density at radius 3 is 3.06 bits per heavy atom. The lowest BCUT2D eigenvalue weighted by atomic mass is 10.3. The summed E-state index contributed by atoms with van der Waals surface area (Å²) in [6.07, 6.45) is 1.61. The summed E-state index contributed by atoms with van der Waals surface area (Å²) in [5.74, 6) is -0.0828. The zero-order valence-corrected chi connectivity index (χ0v) is 11.0. The van der Waals surface area contributed by atoms with E-state index in [1.54, 1.807) is 11.3 Å². The molecule has 1 aliphatic rings. The van der Waals surface area contributed by atoms with E-state index in [0.29, 0.717) is 5.56 Å². The Morgan fingerprint density at radius 2 is 2.28 bits per heavy atom. The summed E-state index contributed by atoms with van der Waals surface area (Å²) < 4.78 is 7.80. The lowest BCUT2D eigenvalue weighted by Gasteiger charge is -2.20. The number of amides is 1. The van der Waals surface area contributed by atoms with E-state index in [-0.39, 0.29) is 12.0 Å². The van der Waals surface area contributed by atoms with Gasteiger partial charge in [-0.2, -0.15) is 0 Å². The lowest BCUT2D eigenvalue weighted by molar-refractivity contribution is -0.0130. The molecule has 2 aromatic rings. The van der Waals surface area contributed by atoms with Gasteiger partial charge in [0, 0.05) is 6.20 Å². The zero-order valence-electron chi connectivity index (χ0n) is 10.2. The molecule has 3 rings (SSSR count). The highest BCUT2D eigenvalue weighted by Gasteiger charge is 2.27. The van der Waals surface area contributed by atoms with Crippen molar-refractivity contribution in [2.24, 2.45) is 0 Å². The molecule has 5 heteroatoms. The largest absolute Gasteiger partial charge is 0.350 e. The van der Waals surface area contributed by atoms with Crippen molar-refractivity contribution in [3.63, 3.8) is 0 Å². The average Bonchev–Trinajstić information content (AvgIpc) is 2.94. The van der Waals surface area contributed by atoms with Crippen LogP contribution in [-0.2, 0) is 4.74 Å². The minimum atomic E-state index is -0.396. The maximum absolute atomic E-state index is 12.1. The smallest absolute Gasteiger partial charge is 0.256 e. The molecular formula is C13H14N2O2S. The van der Waals surface area contributed by atoms with E-state index in [2.05, 4.69) is 5.32 Å². The van der Waals surface area contributed by atoms with Crippen LogP contribution in [0.5, 0.6) is 0 Å². The van der Waals surface area contributed by atoms with Crippen molar-refractivity contribution in [2.75, 3.05) is 0 Å². The number of carbonyl (C=O) groups is 1. The first-order valence-electron chi connectivity index (χ1n) is 5.88. The third-order valence-corrected chi connectivity index (χ3v) is 3.74. The van der Waals surface area contributed by atoms with Gasteiger partial charge in [-0.25, -0.2) is 0 Å². The van der Waals surface area contributed by atoms with Crippen LogP contribution < -0.4 is 5.32 Å². The summed E-state index contributed by atoms with van der Waals surface area (Å²) in [6.45, 7) is 3.92. The van der Waals surface area contributed by atoms with E-state index in [0.717, 1.165) is 10.7 Å². The third-order valence-electron chi connectivity index (χ3n) is 2.83. The van der Waals surface area contributed by atoms with E-state index in [1.807, 2.05) is 48.2 Å². The second kappa shape index (κ2) is 4.26. The van der Waals surface area contributed by atoms with Gasteiger partial charge in [-0.3, -0.25) is 4.79 Å². The molecule has 1 amide bonds. The highest BCUT2D eigenvalue weighted by molar-refractivity contribution is 7.13. The molecule has 0 aliphatic carbocycles. The fourth-order valence-corrected chi connectivity index (χ4v) is 3.00. The van der Waals surface area contributed by atoms with Crippen molar-refractivity contribution in [1.82, 2.24) is 9.88 Å². The van der Waals surface area contributed by atoms with Crippen molar-refractivity contribution >= 4 is 17.2 Å². The Kier molecular flexibility index (Phi) is 2.72. The van der Waals surface area contributed by atoms with Gasteiger partial charge in [0.15, 0.2) is 6.23 Å². The number of thiophene rings is 1. The Labute approximate surface area is 109 Å². The van der Waals surface area contributed by atoms with Crippen molar-refractivity contribution in [3.8, 4) is 5.00 Å². The SMILES string of the molecule is CC(C)OC1NC(=O)c2ccsc2-n2cccc21. The summed E-state index contributed by atoms with van der Waals surface area (Å²) >= 11 is 1.56. The average molecular weight is 262 g/mol. The van der Waals surface area contributed by atoms with Crippen LogP contribution in [0.15, 0.2) is 29.8 Å². The molecular weight excluding hydrogens is 248 g/mol. The Bertz CT molecular complexity index is 585. The maximum atomic E-state index is 12.1. The van der Waals surface area contributed by atoms with Crippen LogP contribution in [0.2, 0.25) is 0 Å². The second-order valence-corrected chi connectivity index (χ2v) is 5.38. The predicted octanol–water partition coefficient (Wildman–Crippen LogP) is 2.71. The number of hydrogen-bond donors (Lipinski definition) is 1. The zero-order chi connectivity index (χ0) is 12.7. The van der Waals surface area contributed by atoms with Gasteiger partial charge < -0.3 is 14.6 Å². The normalized spacial score (nSPS) is 18.2. The van der Waals surface area contributed by atoms with E-state index in [9.17, 15) is 4.79 Å². The van der Waals surface area contributed by atoms with Crippen molar-refractivity contribution in [2.45, 2.75) is 26.2 Å². The van der Waals surface area contributed by atoms with Crippen molar-refractivity contribution < 1.29 is 9.53 Å². The standard InChI is InChI=1S/C13H14N2O2S/c1-8(2)17-12-10-4-3-6-15(10)13-9(5-7-18-13)11(16)14-12/h3-8,12H,1-2H3,(H,14,16). The summed E-state index contributed by atoms with van der Waals surface area (Å²) in [7, 11) is 0. The summed E-state index contributed by atoms with van der Waals surface area (Å²) in [6, 6.07) is 5.78. The number of hydrogen-bond acceptors (Lipinski definition) is 3. The van der Waals surface area contributed by atoms with Crippen LogP contribution in [0, 0.1) is 0 Å². The molecule has 18 heavy (non-hydrogen) atoms. The molecule has 0 saturated carbocycles. The molecule has 4 nitrogen and oxygen atoms in total. The molecule has 94 valence electrons. The maximum Gasteiger partial charge on any atom is 0.256 e. The van der Waals surface area contributed by atoms with Crippen LogP contribution in [0.3, 0.4) is 0 Å². The monoisotopic (exact) mass is 262 g/mol. The van der Waals surface area contributed by atoms with Gasteiger partial charge in [0.2, 0.25) is 0 Å². The van der Waals surface area contributed by atoms with E-state index in [1.165, 1.54) is 0 Å². The molecule has 0 bridgehead atoms. The molecule has 1 unspecified atom stereocenters. The summed E-state index contributed by atoms with van der Waals surface area (Å²) in [5.41, 5.74) is 1.66. The number of ether oxygens (including phenoxy) is 1. The van der Waals surface area contributed by atoms with Crippen LogP contribution in [-0.4, -0.2) is 16.6 Å². The molecule has 1 atom stereocenters. The van der Waals surface area contributed by atoms with Gasteiger partial charge in [0.05, 0.1) is 17.4 Å². The van der Waals surface area contributed by atoms with E-state index in [4.69, 9.17) is 4.74 Å². The van der Waals surface area contributed by atoms with Gasteiger partial charge >= 0.3 is 0 Å². The fourth-order valence-electron chi connectivity index (χ4n) is 2.10. The minimum absolute atomic E-state index is 0.0507. The van der Waals surface area contributed by atoms with Gasteiger partial charge in [-0.15, -0.1) is 11.3 Å².